The van der Waals surface area contributed by atoms with Crippen molar-refractivity contribution in [3.63, 3.8) is 0 Å². The van der Waals surface area contributed by atoms with Gasteiger partial charge in [-0.15, -0.1) is 0 Å². The Hall–Kier alpha value is -0.530. The number of carbonyl (C=O) groups is 1. The molecular formula is C9H14O2. The summed E-state index contributed by atoms with van der Waals surface area (Å²) in [6, 6.07) is 0. The highest BCUT2D eigenvalue weighted by Gasteiger charge is 2.66. The average molecular weight is 154 g/mol. The molecule has 0 bridgehead atoms. The van der Waals surface area contributed by atoms with Crippen molar-refractivity contribution >= 4 is 5.97 Å². The predicted molar refractivity (Wildman–Crippen MR) is 41.2 cm³/mol. The number of carboxylic acids is 1. The van der Waals surface area contributed by atoms with E-state index in [2.05, 4.69) is 0 Å². The average Bonchev–Trinajstić information content (AvgIpc) is 2.61. The zero-order valence-electron chi connectivity index (χ0n) is 6.84. The molecule has 1 N–H and O–H groups in total. The second-order valence-corrected chi connectivity index (χ2v) is 4.09. The Morgan fingerprint density at radius 1 is 1.36 bits per heavy atom. The van der Waals surface area contributed by atoms with Crippen LogP contribution >= 0.6 is 0 Å². The quantitative estimate of drug-likeness (QED) is 0.626. The summed E-state index contributed by atoms with van der Waals surface area (Å²) in [4.78, 5) is 10.8. The predicted octanol–water partition coefficient (Wildman–Crippen LogP) is 1.90. The van der Waals surface area contributed by atoms with Crippen LogP contribution in [0.15, 0.2) is 0 Å². The van der Waals surface area contributed by atoms with Crippen molar-refractivity contribution in [1.82, 2.24) is 0 Å². The van der Waals surface area contributed by atoms with E-state index in [0.717, 1.165) is 12.8 Å². The van der Waals surface area contributed by atoms with Crippen molar-refractivity contribution < 1.29 is 9.90 Å². The van der Waals surface area contributed by atoms with E-state index < -0.39 is 5.97 Å². The number of fused-ring (bicyclic) bond motifs is 1. The zero-order valence-corrected chi connectivity index (χ0v) is 6.84. The maximum Gasteiger partial charge on any atom is 0.309 e. The molecule has 0 aliphatic heterocycles. The lowest BCUT2D eigenvalue weighted by Crippen LogP contribution is -2.14. The number of hydrogen-bond donors (Lipinski definition) is 1. The number of aliphatic carboxylic acids is 1. The molecule has 2 aliphatic rings. The van der Waals surface area contributed by atoms with E-state index in [1.807, 2.05) is 6.92 Å². The summed E-state index contributed by atoms with van der Waals surface area (Å²) in [5.74, 6) is 0.442. The summed E-state index contributed by atoms with van der Waals surface area (Å²) < 4.78 is 0. The lowest BCUT2D eigenvalue weighted by atomic mass is 10.0. The van der Waals surface area contributed by atoms with E-state index in [1.54, 1.807) is 0 Å². The second kappa shape index (κ2) is 1.99. The molecule has 0 radical (unpaired) electrons. The molecule has 3 atom stereocenters. The molecule has 0 saturated heterocycles. The first kappa shape index (κ1) is 7.14. The smallest absolute Gasteiger partial charge is 0.309 e. The molecular weight excluding hydrogens is 140 g/mol. The molecule has 2 nitrogen and oxygen atoms in total. The normalized spacial score (nSPS) is 48.1. The zero-order chi connectivity index (χ0) is 8.06. The Morgan fingerprint density at radius 3 is 2.18 bits per heavy atom. The van der Waals surface area contributed by atoms with Crippen LogP contribution in [0.25, 0.3) is 0 Å². The van der Waals surface area contributed by atoms with Crippen molar-refractivity contribution in [2.24, 2.45) is 17.3 Å². The first-order valence-corrected chi connectivity index (χ1v) is 4.40. The molecule has 62 valence electrons. The Morgan fingerprint density at radius 2 is 1.82 bits per heavy atom. The third-order valence-electron chi connectivity index (χ3n) is 3.66. The van der Waals surface area contributed by atoms with Gasteiger partial charge >= 0.3 is 5.97 Å². The van der Waals surface area contributed by atoms with Gasteiger partial charge in [0.15, 0.2) is 0 Å². The van der Waals surface area contributed by atoms with Crippen molar-refractivity contribution in [3.8, 4) is 0 Å². The highest BCUT2D eigenvalue weighted by Crippen LogP contribution is 2.65. The standard InChI is InChI=1S/C9H14O2/c1-9(8(10)11)6-4-2-3-5-7(6)9/h6-7H,2-5H2,1H3,(H,10,11)/t6-,7+,9?. The second-order valence-electron chi connectivity index (χ2n) is 4.09. The Balaban J connectivity index is 2.14. The van der Waals surface area contributed by atoms with E-state index in [-0.39, 0.29) is 5.41 Å². The Labute approximate surface area is 66.6 Å². The highest BCUT2D eigenvalue weighted by molar-refractivity contribution is 5.79. The molecule has 11 heavy (non-hydrogen) atoms. The summed E-state index contributed by atoms with van der Waals surface area (Å²) in [5, 5.41) is 8.94. The van der Waals surface area contributed by atoms with E-state index in [0.29, 0.717) is 11.8 Å². The Bertz CT molecular complexity index is 186. The fourth-order valence-corrected chi connectivity index (χ4v) is 2.75. The van der Waals surface area contributed by atoms with Crippen molar-refractivity contribution in [2.75, 3.05) is 0 Å². The molecule has 1 unspecified atom stereocenters. The van der Waals surface area contributed by atoms with Crippen LogP contribution in [-0.2, 0) is 4.79 Å². The van der Waals surface area contributed by atoms with Crippen LogP contribution in [-0.4, -0.2) is 11.1 Å². The summed E-state index contributed by atoms with van der Waals surface area (Å²) in [6.45, 7) is 1.91. The van der Waals surface area contributed by atoms with Crippen LogP contribution in [0.4, 0.5) is 0 Å². The summed E-state index contributed by atoms with van der Waals surface area (Å²) in [5.41, 5.74) is -0.337. The number of rotatable bonds is 1. The van der Waals surface area contributed by atoms with Gasteiger partial charge in [0.2, 0.25) is 0 Å². The SMILES string of the molecule is CC1(C(=O)O)[C@@H]2CCCC[C@@H]21. The van der Waals surface area contributed by atoms with Gasteiger partial charge in [0.1, 0.15) is 0 Å². The first-order chi connectivity index (χ1) is 5.17. The van der Waals surface area contributed by atoms with Crippen LogP contribution in [0.1, 0.15) is 32.6 Å². The minimum Gasteiger partial charge on any atom is -0.481 e. The molecule has 2 aliphatic carbocycles. The van der Waals surface area contributed by atoms with Gasteiger partial charge in [-0.2, -0.15) is 0 Å². The minimum atomic E-state index is -0.575. The molecule has 0 aromatic carbocycles. The number of carboxylic acid groups (broad SMARTS) is 1. The Kier molecular flexibility index (Phi) is 1.29. The fraction of sp³-hybridized carbons (Fsp3) is 0.889. The summed E-state index contributed by atoms with van der Waals surface area (Å²) in [6.07, 6.45) is 4.77. The fourth-order valence-electron chi connectivity index (χ4n) is 2.75. The van der Waals surface area contributed by atoms with E-state index in [9.17, 15) is 4.79 Å². The molecule has 2 heteroatoms. The van der Waals surface area contributed by atoms with Crippen LogP contribution < -0.4 is 0 Å². The monoisotopic (exact) mass is 154 g/mol. The van der Waals surface area contributed by atoms with Gasteiger partial charge in [-0.3, -0.25) is 4.79 Å². The topological polar surface area (TPSA) is 37.3 Å². The molecule has 2 saturated carbocycles. The van der Waals surface area contributed by atoms with Crippen LogP contribution in [0.2, 0.25) is 0 Å². The lowest BCUT2D eigenvalue weighted by molar-refractivity contribution is -0.143. The van der Waals surface area contributed by atoms with Gasteiger partial charge in [0.25, 0.3) is 0 Å². The van der Waals surface area contributed by atoms with Crippen LogP contribution in [0, 0.1) is 17.3 Å². The van der Waals surface area contributed by atoms with Gasteiger partial charge in [0.05, 0.1) is 5.41 Å². The molecule has 0 heterocycles. The van der Waals surface area contributed by atoms with E-state index in [1.165, 1.54) is 12.8 Å². The minimum absolute atomic E-state index is 0.337. The molecule has 0 spiro atoms. The van der Waals surface area contributed by atoms with Gasteiger partial charge in [-0.1, -0.05) is 12.8 Å². The molecule has 0 amide bonds. The maximum absolute atomic E-state index is 10.8. The third-order valence-corrected chi connectivity index (χ3v) is 3.66. The lowest BCUT2D eigenvalue weighted by Gasteiger charge is -2.04. The largest absolute Gasteiger partial charge is 0.481 e. The molecule has 2 rings (SSSR count). The van der Waals surface area contributed by atoms with Crippen molar-refractivity contribution in [3.05, 3.63) is 0 Å². The maximum atomic E-state index is 10.8. The third kappa shape index (κ3) is 0.754. The van der Waals surface area contributed by atoms with E-state index in [4.69, 9.17) is 5.11 Å². The van der Waals surface area contributed by atoms with Crippen LogP contribution in [0.3, 0.4) is 0 Å². The van der Waals surface area contributed by atoms with Gasteiger partial charge in [-0.05, 0) is 31.6 Å². The van der Waals surface area contributed by atoms with Gasteiger partial charge < -0.3 is 5.11 Å². The summed E-state index contributed by atoms with van der Waals surface area (Å²) >= 11 is 0. The van der Waals surface area contributed by atoms with Crippen LogP contribution in [0.5, 0.6) is 0 Å². The first-order valence-electron chi connectivity index (χ1n) is 4.40. The highest BCUT2D eigenvalue weighted by atomic mass is 16.4. The van der Waals surface area contributed by atoms with Gasteiger partial charge in [-0.25, -0.2) is 0 Å². The van der Waals surface area contributed by atoms with Gasteiger partial charge in [0, 0.05) is 0 Å². The van der Waals surface area contributed by atoms with Crippen molar-refractivity contribution in [2.45, 2.75) is 32.6 Å². The number of hydrogen-bond acceptors (Lipinski definition) is 1. The van der Waals surface area contributed by atoms with Crippen molar-refractivity contribution in [1.29, 1.82) is 0 Å². The molecule has 2 fully saturated rings. The van der Waals surface area contributed by atoms with E-state index >= 15 is 0 Å². The summed E-state index contributed by atoms with van der Waals surface area (Å²) in [7, 11) is 0. The molecule has 0 aromatic heterocycles. The molecule has 0 aromatic rings.